The number of anilines is 1. The van der Waals surface area contributed by atoms with Crippen molar-refractivity contribution in [2.75, 3.05) is 5.32 Å². The molecule has 0 amide bonds. The summed E-state index contributed by atoms with van der Waals surface area (Å²) in [6.45, 7) is 4.41. The van der Waals surface area contributed by atoms with Crippen LogP contribution in [0.25, 0.3) is 0 Å². The fourth-order valence-electron chi connectivity index (χ4n) is 1.73. The summed E-state index contributed by atoms with van der Waals surface area (Å²) in [5.41, 5.74) is 3.43. The van der Waals surface area contributed by atoms with Gasteiger partial charge in [-0.05, 0) is 13.8 Å². The fourth-order valence-corrected chi connectivity index (χ4v) is 1.73. The Balaban J connectivity index is 2.20. The van der Waals surface area contributed by atoms with Crippen molar-refractivity contribution >= 4 is 5.82 Å². The molecule has 0 saturated heterocycles. The van der Waals surface area contributed by atoms with Gasteiger partial charge in [0.2, 0.25) is 0 Å². The number of nitrogens with one attached hydrogen (secondary N) is 2. The minimum absolute atomic E-state index is 0.591. The van der Waals surface area contributed by atoms with E-state index in [-0.39, 0.29) is 0 Å². The molecule has 2 rings (SSSR count). The van der Waals surface area contributed by atoms with Crippen LogP contribution < -0.4 is 5.32 Å². The number of aromatic amines is 1. The smallest absolute Gasteiger partial charge is 0.142 e. The van der Waals surface area contributed by atoms with Crippen molar-refractivity contribution in [2.45, 2.75) is 20.4 Å². The molecular formula is C11H14N6. The van der Waals surface area contributed by atoms with Crippen molar-refractivity contribution < 1.29 is 0 Å². The largest absolute Gasteiger partial charge is 0.365 e. The number of aromatic nitrogens is 4. The molecule has 0 atom stereocenters. The lowest BCUT2D eigenvalue weighted by molar-refractivity contribution is 0.758. The minimum Gasteiger partial charge on any atom is -0.365 e. The number of hydrogen-bond acceptors (Lipinski definition) is 4. The van der Waals surface area contributed by atoms with Crippen molar-refractivity contribution in [3.05, 3.63) is 28.7 Å². The summed E-state index contributed by atoms with van der Waals surface area (Å²) in [6.07, 6.45) is 1.78. The van der Waals surface area contributed by atoms with Crippen molar-refractivity contribution in [1.82, 2.24) is 20.0 Å². The van der Waals surface area contributed by atoms with E-state index < -0.39 is 0 Å². The fraction of sp³-hybridized carbons (Fsp3) is 0.364. The van der Waals surface area contributed by atoms with Gasteiger partial charge in [-0.2, -0.15) is 15.5 Å². The molecule has 0 fully saturated rings. The van der Waals surface area contributed by atoms with Crippen LogP contribution in [-0.2, 0) is 13.6 Å². The summed E-state index contributed by atoms with van der Waals surface area (Å²) in [5.74, 6) is 0.741. The molecule has 2 N–H and O–H groups in total. The summed E-state index contributed by atoms with van der Waals surface area (Å²) in [4.78, 5) is 0. The van der Waals surface area contributed by atoms with Crippen LogP contribution in [0, 0.1) is 25.2 Å². The maximum absolute atomic E-state index is 9.06. The lowest BCUT2D eigenvalue weighted by atomic mass is 10.2. The topological polar surface area (TPSA) is 82.3 Å². The van der Waals surface area contributed by atoms with Gasteiger partial charge < -0.3 is 5.32 Å². The number of nitriles is 1. The number of H-pyrrole nitrogens is 1. The van der Waals surface area contributed by atoms with Crippen LogP contribution in [-0.4, -0.2) is 20.0 Å². The van der Waals surface area contributed by atoms with Gasteiger partial charge in [0.05, 0.1) is 11.9 Å². The molecule has 0 aliphatic carbocycles. The second-order valence-electron chi connectivity index (χ2n) is 3.92. The molecule has 0 aliphatic heterocycles. The summed E-state index contributed by atoms with van der Waals surface area (Å²) < 4.78 is 1.68. The van der Waals surface area contributed by atoms with E-state index in [1.165, 1.54) is 0 Å². The Kier molecular flexibility index (Phi) is 2.83. The first kappa shape index (κ1) is 11.2. The highest BCUT2D eigenvalue weighted by molar-refractivity contribution is 5.55. The molecular weight excluding hydrogens is 216 g/mol. The summed E-state index contributed by atoms with van der Waals surface area (Å²) in [6, 6.07) is 2.16. The zero-order valence-corrected chi connectivity index (χ0v) is 10.1. The molecule has 0 spiro atoms. The third kappa shape index (κ3) is 1.99. The lowest BCUT2D eigenvalue weighted by Crippen LogP contribution is -2.06. The number of hydrogen-bond donors (Lipinski definition) is 2. The highest BCUT2D eigenvalue weighted by atomic mass is 15.3. The zero-order valence-electron chi connectivity index (χ0n) is 10.1. The van der Waals surface area contributed by atoms with E-state index in [2.05, 4.69) is 26.7 Å². The molecule has 2 aromatic heterocycles. The maximum atomic E-state index is 9.06. The second kappa shape index (κ2) is 4.29. The first-order valence-electron chi connectivity index (χ1n) is 5.30. The van der Waals surface area contributed by atoms with Gasteiger partial charge in [0.1, 0.15) is 17.5 Å². The van der Waals surface area contributed by atoms with Crippen LogP contribution in [0.3, 0.4) is 0 Å². The third-order valence-corrected chi connectivity index (χ3v) is 2.71. The van der Waals surface area contributed by atoms with Gasteiger partial charge in [-0.1, -0.05) is 0 Å². The Labute approximate surface area is 99.3 Å². The van der Waals surface area contributed by atoms with E-state index in [1.54, 1.807) is 10.9 Å². The Morgan fingerprint density at radius 1 is 1.53 bits per heavy atom. The maximum Gasteiger partial charge on any atom is 0.142 e. The number of nitrogens with zero attached hydrogens (tertiary/aromatic N) is 4. The molecule has 2 aromatic rings. The van der Waals surface area contributed by atoms with E-state index in [4.69, 9.17) is 5.26 Å². The molecule has 6 nitrogen and oxygen atoms in total. The Morgan fingerprint density at radius 3 is 2.88 bits per heavy atom. The summed E-state index contributed by atoms with van der Waals surface area (Å²) in [5, 5.41) is 23.3. The van der Waals surface area contributed by atoms with E-state index in [9.17, 15) is 0 Å². The highest BCUT2D eigenvalue weighted by Gasteiger charge is 2.12. The molecule has 0 aromatic carbocycles. The molecule has 0 bridgehead atoms. The first-order valence-corrected chi connectivity index (χ1v) is 5.30. The van der Waals surface area contributed by atoms with Crippen LogP contribution in [0.5, 0.6) is 0 Å². The lowest BCUT2D eigenvalue weighted by Gasteiger charge is -2.06. The quantitative estimate of drug-likeness (QED) is 0.831. The van der Waals surface area contributed by atoms with Gasteiger partial charge >= 0.3 is 0 Å². The van der Waals surface area contributed by atoms with Crippen molar-refractivity contribution in [2.24, 2.45) is 7.05 Å². The van der Waals surface area contributed by atoms with E-state index in [0.717, 1.165) is 22.8 Å². The van der Waals surface area contributed by atoms with Gasteiger partial charge in [-0.25, -0.2) is 0 Å². The Hall–Kier alpha value is -2.29. The average Bonchev–Trinajstić information content (AvgIpc) is 2.80. The van der Waals surface area contributed by atoms with Crippen molar-refractivity contribution in [3.8, 4) is 6.07 Å². The summed E-state index contributed by atoms with van der Waals surface area (Å²) in [7, 11) is 1.82. The predicted molar refractivity (Wildman–Crippen MR) is 63.3 cm³/mol. The molecule has 6 heteroatoms. The molecule has 0 unspecified atom stereocenters. The Morgan fingerprint density at radius 2 is 2.29 bits per heavy atom. The second-order valence-corrected chi connectivity index (χ2v) is 3.92. The highest BCUT2D eigenvalue weighted by Crippen LogP contribution is 2.18. The van der Waals surface area contributed by atoms with Gasteiger partial charge in [0.25, 0.3) is 0 Å². The molecule has 2 heterocycles. The van der Waals surface area contributed by atoms with Crippen molar-refractivity contribution in [1.29, 1.82) is 5.26 Å². The number of rotatable bonds is 3. The van der Waals surface area contributed by atoms with Gasteiger partial charge in [-0.15, -0.1) is 0 Å². The molecule has 0 saturated carbocycles. The summed E-state index contributed by atoms with van der Waals surface area (Å²) >= 11 is 0. The van der Waals surface area contributed by atoms with Gasteiger partial charge in [0.15, 0.2) is 0 Å². The predicted octanol–water partition coefficient (Wildman–Crippen LogP) is 1.24. The number of aryl methyl sites for hydroxylation is 3. The van der Waals surface area contributed by atoms with Crippen LogP contribution in [0.15, 0.2) is 6.20 Å². The zero-order chi connectivity index (χ0) is 12.4. The van der Waals surface area contributed by atoms with Crippen LogP contribution in [0.1, 0.15) is 22.5 Å². The van der Waals surface area contributed by atoms with Gasteiger partial charge in [-0.3, -0.25) is 9.78 Å². The third-order valence-electron chi connectivity index (χ3n) is 2.71. The average molecular weight is 230 g/mol. The van der Waals surface area contributed by atoms with E-state index in [0.29, 0.717) is 12.1 Å². The molecule has 17 heavy (non-hydrogen) atoms. The Bertz CT molecular complexity index is 571. The monoisotopic (exact) mass is 230 g/mol. The molecule has 88 valence electrons. The van der Waals surface area contributed by atoms with Crippen LogP contribution >= 0.6 is 0 Å². The van der Waals surface area contributed by atoms with Crippen LogP contribution in [0.4, 0.5) is 5.82 Å². The molecule has 0 aliphatic rings. The molecule has 0 radical (unpaired) electrons. The minimum atomic E-state index is 0.591. The van der Waals surface area contributed by atoms with Crippen LogP contribution in [0.2, 0.25) is 0 Å². The van der Waals surface area contributed by atoms with E-state index >= 15 is 0 Å². The first-order chi connectivity index (χ1) is 8.13. The van der Waals surface area contributed by atoms with Gasteiger partial charge in [0, 0.05) is 24.8 Å². The normalized spacial score (nSPS) is 10.2. The standard InChI is InChI=1S/C11H14N6/c1-7-9(6-14-15-7)5-13-11-10(4-12)8(2)16-17(11)3/h6,13H,5H2,1-3H3,(H,14,15). The van der Waals surface area contributed by atoms with E-state index in [1.807, 2.05) is 20.9 Å². The SMILES string of the molecule is Cc1nn(C)c(NCc2cn[nH]c2C)c1C#N. The van der Waals surface area contributed by atoms with Crippen molar-refractivity contribution in [3.63, 3.8) is 0 Å².